The number of hydrogen-bond donors (Lipinski definition) is 2. The summed E-state index contributed by atoms with van der Waals surface area (Å²) in [4.78, 5) is 26.8. The Hall–Kier alpha value is -4.05. The first-order valence-corrected chi connectivity index (χ1v) is 10.3. The number of carbonyl (C=O) groups is 2. The maximum Gasteiger partial charge on any atom is 0.331 e. The molecule has 4 rings (SSSR count). The molecule has 1 heterocycles. The SMILES string of the molecule is COc1ccc(C(=O)NC(=O)NSc2ccc3nn(-c4ccccc4)nc3c2)cc1OC. The standard InChI is InChI=1S/C22H19N5O4S/c1-30-19-11-8-14(12-20(19)31-2)21(28)23-22(29)26-32-16-9-10-17-18(13-16)25-27(24-17)15-6-4-3-5-7-15/h3-13H,1-2H3,(H2,23,26,28,29). The van der Waals surface area contributed by atoms with Crippen LogP contribution in [0.5, 0.6) is 11.5 Å². The van der Waals surface area contributed by atoms with Gasteiger partial charge in [-0.25, -0.2) is 4.79 Å². The summed E-state index contributed by atoms with van der Waals surface area (Å²) in [5, 5.41) is 11.2. The van der Waals surface area contributed by atoms with Gasteiger partial charge in [-0.15, -0.1) is 10.2 Å². The zero-order chi connectivity index (χ0) is 22.5. The van der Waals surface area contributed by atoms with E-state index in [-0.39, 0.29) is 5.56 Å². The van der Waals surface area contributed by atoms with Crippen molar-refractivity contribution >= 4 is 34.9 Å². The summed E-state index contributed by atoms with van der Waals surface area (Å²) in [5.41, 5.74) is 2.53. The predicted molar refractivity (Wildman–Crippen MR) is 120 cm³/mol. The van der Waals surface area contributed by atoms with E-state index in [1.54, 1.807) is 16.9 Å². The van der Waals surface area contributed by atoms with Gasteiger partial charge in [-0.2, -0.15) is 4.80 Å². The summed E-state index contributed by atoms with van der Waals surface area (Å²) in [6, 6.07) is 19.0. The van der Waals surface area contributed by atoms with E-state index in [1.807, 2.05) is 48.5 Å². The van der Waals surface area contributed by atoms with E-state index in [1.165, 1.54) is 20.3 Å². The predicted octanol–water partition coefficient (Wildman–Crippen LogP) is 3.58. The summed E-state index contributed by atoms with van der Waals surface area (Å²) >= 11 is 1.06. The van der Waals surface area contributed by atoms with Crippen LogP contribution in [0.3, 0.4) is 0 Å². The van der Waals surface area contributed by atoms with E-state index in [4.69, 9.17) is 9.47 Å². The van der Waals surface area contributed by atoms with Gasteiger partial charge in [0.15, 0.2) is 11.5 Å². The molecule has 32 heavy (non-hydrogen) atoms. The molecule has 0 unspecified atom stereocenters. The number of rotatable bonds is 6. The number of methoxy groups -OCH3 is 2. The zero-order valence-corrected chi connectivity index (χ0v) is 18.1. The number of urea groups is 1. The van der Waals surface area contributed by atoms with Crippen molar-refractivity contribution in [1.82, 2.24) is 25.0 Å². The highest BCUT2D eigenvalue weighted by atomic mass is 32.2. The first-order valence-electron chi connectivity index (χ1n) is 9.50. The number of imide groups is 1. The zero-order valence-electron chi connectivity index (χ0n) is 17.2. The fraction of sp³-hybridized carbons (Fsp3) is 0.0909. The Kier molecular flexibility index (Phi) is 6.22. The van der Waals surface area contributed by atoms with Crippen LogP contribution >= 0.6 is 11.9 Å². The number of amides is 3. The third kappa shape index (κ3) is 4.65. The van der Waals surface area contributed by atoms with Gasteiger partial charge in [0.1, 0.15) is 11.0 Å². The Morgan fingerprint density at radius 1 is 0.875 bits per heavy atom. The molecule has 4 aromatic rings. The number of hydrogen-bond acceptors (Lipinski definition) is 7. The molecule has 0 aliphatic carbocycles. The highest BCUT2D eigenvalue weighted by Crippen LogP contribution is 2.27. The van der Waals surface area contributed by atoms with Crippen molar-refractivity contribution in [2.45, 2.75) is 4.90 Å². The third-order valence-corrected chi connectivity index (χ3v) is 5.25. The van der Waals surface area contributed by atoms with Crippen LogP contribution in [0.1, 0.15) is 10.4 Å². The molecule has 2 N–H and O–H groups in total. The number of nitrogens with zero attached hydrogens (tertiary/aromatic N) is 3. The fourth-order valence-electron chi connectivity index (χ4n) is 2.92. The van der Waals surface area contributed by atoms with Crippen LogP contribution in [0, 0.1) is 0 Å². The van der Waals surface area contributed by atoms with Crippen molar-refractivity contribution in [2.75, 3.05) is 14.2 Å². The Balaban J connectivity index is 1.39. The van der Waals surface area contributed by atoms with Crippen molar-refractivity contribution < 1.29 is 19.1 Å². The highest BCUT2D eigenvalue weighted by molar-refractivity contribution is 7.98. The Morgan fingerprint density at radius 2 is 1.62 bits per heavy atom. The summed E-state index contributed by atoms with van der Waals surface area (Å²) in [6.45, 7) is 0. The van der Waals surface area contributed by atoms with E-state index in [2.05, 4.69) is 20.2 Å². The minimum absolute atomic E-state index is 0.266. The summed E-state index contributed by atoms with van der Waals surface area (Å²) < 4.78 is 12.9. The van der Waals surface area contributed by atoms with Gasteiger partial charge in [-0.05, 0) is 60.5 Å². The lowest BCUT2D eigenvalue weighted by atomic mass is 10.2. The first kappa shape index (κ1) is 21.2. The minimum atomic E-state index is -0.650. The molecule has 0 aliphatic rings. The average Bonchev–Trinajstić information content (AvgIpc) is 3.26. The molecule has 0 saturated heterocycles. The fourth-order valence-corrected chi connectivity index (χ4v) is 3.49. The van der Waals surface area contributed by atoms with Gasteiger partial charge in [-0.1, -0.05) is 18.2 Å². The van der Waals surface area contributed by atoms with Crippen molar-refractivity contribution in [1.29, 1.82) is 0 Å². The third-order valence-electron chi connectivity index (χ3n) is 4.47. The van der Waals surface area contributed by atoms with Gasteiger partial charge in [0.05, 0.1) is 19.9 Å². The number of para-hydroxylation sites is 1. The van der Waals surface area contributed by atoms with Crippen molar-refractivity contribution in [3.63, 3.8) is 0 Å². The molecular formula is C22H19N5O4S. The van der Waals surface area contributed by atoms with Crippen LogP contribution in [0.4, 0.5) is 4.79 Å². The van der Waals surface area contributed by atoms with Gasteiger partial charge in [0.2, 0.25) is 0 Å². The average molecular weight is 449 g/mol. The summed E-state index contributed by atoms with van der Waals surface area (Å²) in [7, 11) is 2.97. The monoisotopic (exact) mass is 449 g/mol. The molecule has 10 heteroatoms. The molecule has 0 aliphatic heterocycles. The van der Waals surface area contributed by atoms with Crippen LogP contribution in [-0.2, 0) is 0 Å². The maximum atomic E-state index is 12.3. The van der Waals surface area contributed by atoms with Gasteiger partial charge in [0.25, 0.3) is 5.91 Å². The summed E-state index contributed by atoms with van der Waals surface area (Å²) in [5.74, 6) is 0.320. The van der Waals surface area contributed by atoms with Crippen molar-refractivity contribution in [2.24, 2.45) is 0 Å². The number of nitrogens with one attached hydrogen (secondary N) is 2. The second kappa shape index (κ2) is 9.40. The molecule has 0 spiro atoms. The molecule has 0 fully saturated rings. The number of ether oxygens (including phenoxy) is 2. The molecule has 0 bridgehead atoms. The number of fused-ring (bicyclic) bond motifs is 1. The number of carbonyl (C=O) groups excluding carboxylic acids is 2. The topological polar surface area (TPSA) is 107 Å². The molecule has 9 nitrogen and oxygen atoms in total. The van der Waals surface area contributed by atoms with E-state index in [0.29, 0.717) is 17.0 Å². The lowest BCUT2D eigenvalue weighted by Crippen LogP contribution is -2.36. The second-order valence-electron chi connectivity index (χ2n) is 6.53. The lowest BCUT2D eigenvalue weighted by Gasteiger charge is -2.10. The van der Waals surface area contributed by atoms with Crippen LogP contribution in [0.2, 0.25) is 0 Å². The Labute approximate surface area is 187 Å². The molecule has 3 amide bonds. The number of benzene rings is 3. The minimum Gasteiger partial charge on any atom is -0.493 e. The van der Waals surface area contributed by atoms with E-state index in [0.717, 1.165) is 28.0 Å². The smallest absolute Gasteiger partial charge is 0.331 e. The summed E-state index contributed by atoms with van der Waals surface area (Å²) in [6.07, 6.45) is 0. The lowest BCUT2D eigenvalue weighted by molar-refractivity contribution is 0.0965. The quantitative estimate of drug-likeness (QED) is 0.433. The van der Waals surface area contributed by atoms with Gasteiger partial charge in [0, 0.05) is 10.5 Å². The molecule has 0 radical (unpaired) electrons. The molecule has 1 aromatic heterocycles. The van der Waals surface area contributed by atoms with Crippen LogP contribution < -0.4 is 19.5 Å². The molecule has 3 aromatic carbocycles. The largest absolute Gasteiger partial charge is 0.493 e. The van der Waals surface area contributed by atoms with Crippen LogP contribution in [-0.4, -0.2) is 41.2 Å². The normalized spacial score (nSPS) is 10.6. The molecular weight excluding hydrogens is 430 g/mol. The van der Waals surface area contributed by atoms with Crippen molar-refractivity contribution in [3.8, 4) is 17.2 Å². The van der Waals surface area contributed by atoms with Crippen LogP contribution in [0.25, 0.3) is 16.7 Å². The first-order chi connectivity index (χ1) is 15.6. The van der Waals surface area contributed by atoms with E-state index < -0.39 is 11.9 Å². The second-order valence-corrected chi connectivity index (χ2v) is 7.41. The molecule has 0 saturated carbocycles. The van der Waals surface area contributed by atoms with Gasteiger partial charge < -0.3 is 9.47 Å². The highest BCUT2D eigenvalue weighted by Gasteiger charge is 2.14. The van der Waals surface area contributed by atoms with Crippen molar-refractivity contribution in [3.05, 3.63) is 72.3 Å². The molecule has 0 atom stereocenters. The van der Waals surface area contributed by atoms with E-state index >= 15 is 0 Å². The van der Waals surface area contributed by atoms with Crippen LogP contribution in [0.15, 0.2) is 71.6 Å². The Bertz CT molecular complexity index is 1280. The Morgan fingerprint density at radius 3 is 2.38 bits per heavy atom. The number of aromatic nitrogens is 3. The van der Waals surface area contributed by atoms with Gasteiger partial charge in [-0.3, -0.25) is 14.8 Å². The maximum absolute atomic E-state index is 12.3. The van der Waals surface area contributed by atoms with E-state index in [9.17, 15) is 9.59 Å². The van der Waals surface area contributed by atoms with Gasteiger partial charge >= 0.3 is 6.03 Å². The molecule has 162 valence electrons.